The van der Waals surface area contributed by atoms with Gasteiger partial charge in [-0.05, 0) is 26.7 Å². The van der Waals surface area contributed by atoms with Crippen LogP contribution in [0.15, 0.2) is 0 Å². The summed E-state index contributed by atoms with van der Waals surface area (Å²) < 4.78 is 0. The number of carbonyl (C=O) groups is 1. The maximum Gasteiger partial charge on any atom is 0.317 e. The lowest BCUT2D eigenvalue weighted by atomic mass is 10.1. The van der Waals surface area contributed by atoms with Crippen molar-refractivity contribution in [1.82, 2.24) is 10.2 Å². The molecule has 1 atom stereocenters. The minimum atomic E-state index is 0.0187. The highest BCUT2D eigenvalue weighted by Crippen LogP contribution is 2.07. The van der Waals surface area contributed by atoms with Crippen LogP contribution in [0.3, 0.4) is 0 Å². The highest BCUT2D eigenvalue weighted by Gasteiger charge is 2.20. The third-order valence-corrected chi connectivity index (χ3v) is 2.16. The van der Waals surface area contributed by atoms with Gasteiger partial charge in [0.15, 0.2) is 0 Å². The zero-order chi connectivity index (χ0) is 9.84. The Bertz CT molecular complexity index is 182. The molecule has 0 unspecified atom stereocenters. The molecule has 1 aliphatic heterocycles. The fourth-order valence-electron chi connectivity index (χ4n) is 1.53. The number of nitrogens with two attached hydrogens (primary N) is 1. The van der Waals surface area contributed by atoms with E-state index in [1.54, 1.807) is 4.90 Å². The second kappa shape index (κ2) is 4.46. The molecule has 0 saturated carbocycles. The number of carbonyl (C=O) groups excluding carboxylic acids is 1. The van der Waals surface area contributed by atoms with Crippen molar-refractivity contribution in [3.8, 4) is 0 Å². The van der Waals surface area contributed by atoms with Crippen molar-refractivity contribution in [3.63, 3.8) is 0 Å². The Labute approximate surface area is 79.5 Å². The summed E-state index contributed by atoms with van der Waals surface area (Å²) in [5.74, 6) is 0. The normalized spacial score (nSPS) is 23.4. The van der Waals surface area contributed by atoms with Gasteiger partial charge in [-0.3, -0.25) is 0 Å². The summed E-state index contributed by atoms with van der Waals surface area (Å²) in [5.41, 5.74) is 5.77. The van der Waals surface area contributed by atoms with E-state index < -0.39 is 0 Å². The lowest BCUT2D eigenvalue weighted by Gasteiger charge is -2.31. The summed E-state index contributed by atoms with van der Waals surface area (Å²) in [6.45, 7) is 5.45. The molecule has 1 saturated heterocycles. The number of nitrogens with zero attached hydrogens (tertiary/aromatic N) is 1. The summed E-state index contributed by atoms with van der Waals surface area (Å²) >= 11 is 0. The second-order valence-electron chi connectivity index (χ2n) is 3.95. The minimum absolute atomic E-state index is 0.0187. The first-order chi connectivity index (χ1) is 6.09. The lowest BCUT2D eigenvalue weighted by molar-refractivity contribution is 0.177. The van der Waals surface area contributed by atoms with Gasteiger partial charge in [-0.25, -0.2) is 4.79 Å². The standard InChI is InChI=1S/C9H19N3O/c1-7(2)11-9(13)12-5-3-4-8(10)6-12/h7-8H,3-6,10H2,1-2H3,(H,11,13)/t8-/m1/s1. The SMILES string of the molecule is CC(C)NC(=O)N1CCC[C@@H](N)C1. The van der Waals surface area contributed by atoms with Gasteiger partial charge >= 0.3 is 6.03 Å². The van der Waals surface area contributed by atoms with E-state index in [0.29, 0.717) is 6.54 Å². The van der Waals surface area contributed by atoms with Crippen LogP contribution in [-0.4, -0.2) is 36.1 Å². The Kier molecular flexibility index (Phi) is 3.54. The number of urea groups is 1. The summed E-state index contributed by atoms with van der Waals surface area (Å²) in [4.78, 5) is 13.3. The first kappa shape index (κ1) is 10.3. The van der Waals surface area contributed by atoms with Gasteiger partial charge in [0.05, 0.1) is 0 Å². The third-order valence-electron chi connectivity index (χ3n) is 2.16. The highest BCUT2D eigenvalue weighted by atomic mass is 16.2. The van der Waals surface area contributed by atoms with Crippen molar-refractivity contribution in [2.75, 3.05) is 13.1 Å². The Morgan fingerprint density at radius 3 is 2.85 bits per heavy atom. The van der Waals surface area contributed by atoms with Crippen molar-refractivity contribution in [1.29, 1.82) is 0 Å². The van der Waals surface area contributed by atoms with Crippen LogP contribution < -0.4 is 11.1 Å². The largest absolute Gasteiger partial charge is 0.336 e. The molecule has 1 aliphatic rings. The Morgan fingerprint density at radius 2 is 2.31 bits per heavy atom. The molecule has 0 aromatic carbocycles. The number of nitrogens with one attached hydrogen (secondary N) is 1. The Morgan fingerprint density at radius 1 is 1.62 bits per heavy atom. The van der Waals surface area contributed by atoms with Crippen LogP contribution in [0.4, 0.5) is 4.79 Å². The summed E-state index contributed by atoms with van der Waals surface area (Å²) in [6, 6.07) is 0.377. The Hall–Kier alpha value is -0.770. The molecule has 1 fully saturated rings. The maximum absolute atomic E-state index is 11.5. The first-order valence-electron chi connectivity index (χ1n) is 4.90. The number of hydrogen-bond donors (Lipinski definition) is 2. The van der Waals surface area contributed by atoms with E-state index in [4.69, 9.17) is 5.73 Å². The molecule has 3 N–H and O–H groups in total. The van der Waals surface area contributed by atoms with Gasteiger partial charge in [-0.15, -0.1) is 0 Å². The smallest absolute Gasteiger partial charge is 0.317 e. The van der Waals surface area contributed by atoms with Crippen LogP contribution in [0.2, 0.25) is 0 Å². The zero-order valence-corrected chi connectivity index (χ0v) is 8.42. The molecule has 0 aromatic rings. The predicted octanol–water partition coefficient (Wildman–Crippen LogP) is 0.527. The van der Waals surface area contributed by atoms with E-state index in [0.717, 1.165) is 19.4 Å². The molecule has 0 spiro atoms. The molecule has 4 heteroatoms. The monoisotopic (exact) mass is 185 g/mol. The molecule has 1 rings (SSSR count). The Balaban J connectivity index is 2.37. The molecule has 13 heavy (non-hydrogen) atoms. The van der Waals surface area contributed by atoms with Crippen LogP contribution >= 0.6 is 0 Å². The van der Waals surface area contributed by atoms with Crippen molar-refractivity contribution < 1.29 is 4.79 Å². The molecule has 4 nitrogen and oxygen atoms in total. The molecular weight excluding hydrogens is 166 g/mol. The molecule has 1 heterocycles. The van der Waals surface area contributed by atoms with E-state index >= 15 is 0 Å². The first-order valence-corrected chi connectivity index (χ1v) is 4.90. The van der Waals surface area contributed by atoms with Gasteiger partial charge in [0.1, 0.15) is 0 Å². The van der Waals surface area contributed by atoms with Crippen LogP contribution in [0.5, 0.6) is 0 Å². The molecule has 0 bridgehead atoms. The van der Waals surface area contributed by atoms with E-state index in [9.17, 15) is 4.79 Å². The zero-order valence-electron chi connectivity index (χ0n) is 8.42. The van der Waals surface area contributed by atoms with Crippen molar-refractivity contribution in [3.05, 3.63) is 0 Å². The number of rotatable bonds is 1. The predicted molar refractivity (Wildman–Crippen MR) is 52.5 cm³/mol. The van der Waals surface area contributed by atoms with Gasteiger partial charge in [0, 0.05) is 25.2 Å². The number of piperidine rings is 1. The van der Waals surface area contributed by atoms with Gasteiger partial charge in [0.2, 0.25) is 0 Å². The van der Waals surface area contributed by atoms with Crippen LogP contribution in [0, 0.1) is 0 Å². The molecule has 76 valence electrons. The molecule has 0 aromatic heterocycles. The molecule has 2 amide bonds. The fraction of sp³-hybridized carbons (Fsp3) is 0.889. The van der Waals surface area contributed by atoms with Gasteiger partial charge < -0.3 is 16.0 Å². The van der Waals surface area contributed by atoms with Crippen molar-refractivity contribution in [2.24, 2.45) is 5.73 Å². The van der Waals surface area contributed by atoms with Crippen LogP contribution in [0.25, 0.3) is 0 Å². The average molecular weight is 185 g/mol. The summed E-state index contributed by atoms with van der Waals surface area (Å²) in [7, 11) is 0. The lowest BCUT2D eigenvalue weighted by Crippen LogP contribution is -2.50. The number of amides is 2. The third kappa shape index (κ3) is 3.22. The van der Waals surface area contributed by atoms with Gasteiger partial charge in [-0.2, -0.15) is 0 Å². The van der Waals surface area contributed by atoms with E-state index in [1.165, 1.54) is 0 Å². The quantitative estimate of drug-likeness (QED) is 0.626. The fourth-order valence-corrected chi connectivity index (χ4v) is 1.53. The van der Waals surface area contributed by atoms with Crippen molar-refractivity contribution >= 4 is 6.03 Å². The molecular formula is C9H19N3O. The summed E-state index contributed by atoms with van der Waals surface area (Å²) in [5, 5.41) is 2.86. The van der Waals surface area contributed by atoms with Gasteiger partial charge in [0.25, 0.3) is 0 Å². The second-order valence-corrected chi connectivity index (χ2v) is 3.95. The van der Waals surface area contributed by atoms with E-state index in [-0.39, 0.29) is 18.1 Å². The average Bonchev–Trinajstić information content (AvgIpc) is 2.03. The molecule has 0 aliphatic carbocycles. The highest BCUT2D eigenvalue weighted by molar-refractivity contribution is 5.74. The summed E-state index contributed by atoms with van der Waals surface area (Å²) in [6.07, 6.45) is 2.05. The minimum Gasteiger partial charge on any atom is -0.336 e. The topological polar surface area (TPSA) is 58.4 Å². The number of likely N-dealkylation sites (tertiary alicyclic amines) is 1. The van der Waals surface area contributed by atoms with Crippen molar-refractivity contribution in [2.45, 2.75) is 38.8 Å². The van der Waals surface area contributed by atoms with Crippen LogP contribution in [-0.2, 0) is 0 Å². The maximum atomic E-state index is 11.5. The van der Waals surface area contributed by atoms with E-state index in [2.05, 4.69) is 5.32 Å². The van der Waals surface area contributed by atoms with Gasteiger partial charge in [-0.1, -0.05) is 0 Å². The van der Waals surface area contributed by atoms with Crippen LogP contribution in [0.1, 0.15) is 26.7 Å². The number of hydrogen-bond acceptors (Lipinski definition) is 2. The van der Waals surface area contributed by atoms with E-state index in [1.807, 2.05) is 13.8 Å². The molecule has 0 radical (unpaired) electrons.